The lowest BCUT2D eigenvalue weighted by Gasteiger charge is -2.22. The average Bonchev–Trinajstić information content (AvgIpc) is 3.14. The average molecular weight is 428 g/mol. The number of allylic oxidation sites excluding steroid dienone is 1. The van der Waals surface area contributed by atoms with E-state index in [9.17, 15) is 14.7 Å². The first-order chi connectivity index (χ1) is 15.0. The van der Waals surface area contributed by atoms with Crippen LogP contribution in [-0.2, 0) is 20.7 Å². The molecule has 0 aromatic heterocycles. The van der Waals surface area contributed by atoms with E-state index in [1.165, 1.54) is 12.7 Å². The van der Waals surface area contributed by atoms with Crippen LogP contribution in [0.2, 0.25) is 0 Å². The molecule has 0 unspecified atom stereocenters. The zero-order valence-corrected chi connectivity index (χ0v) is 18.9. The first-order valence-electron chi connectivity index (χ1n) is 11.4. The number of likely N-dealkylation sites (tertiary alicyclic amines) is 1. The van der Waals surface area contributed by atoms with Crippen molar-refractivity contribution in [1.29, 1.82) is 0 Å². The summed E-state index contributed by atoms with van der Waals surface area (Å²) in [4.78, 5) is 25.2. The monoisotopic (exact) mass is 427 g/mol. The number of methoxy groups -OCH3 is 1. The SMILES string of the molecule is COC(=O)CCC/C=C\CN1C(=O)CC[C@@H]1/C=C/[C@@H](O)[C@@H](C)CCCc1ccccc1. The largest absolute Gasteiger partial charge is 0.469 e. The third-order valence-electron chi connectivity index (χ3n) is 5.90. The van der Waals surface area contributed by atoms with Crippen molar-refractivity contribution in [1.82, 2.24) is 4.90 Å². The van der Waals surface area contributed by atoms with Gasteiger partial charge in [0.05, 0.1) is 19.3 Å². The van der Waals surface area contributed by atoms with Crippen LogP contribution in [0.5, 0.6) is 0 Å². The smallest absolute Gasteiger partial charge is 0.305 e. The predicted molar refractivity (Wildman–Crippen MR) is 123 cm³/mol. The van der Waals surface area contributed by atoms with Crippen molar-refractivity contribution in [3.8, 4) is 0 Å². The molecule has 1 aromatic carbocycles. The molecule has 1 aliphatic heterocycles. The first-order valence-corrected chi connectivity index (χ1v) is 11.4. The van der Waals surface area contributed by atoms with Crippen molar-refractivity contribution < 1.29 is 19.4 Å². The lowest BCUT2D eigenvalue weighted by molar-refractivity contribution is -0.140. The Morgan fingerprint density at radius 3 is 2.77 bits per heavy atom. The van der Waals surface area contributed by atoms with Crippen molar-refractivity contribution in [2.75, 3.05) is 13.7 Å². The summed E-state index contributed by atoms with van der Waals surface area (Å²) >= 11 is 0. The minimum atomic E-state index is -0.498. The van der Waals surface area contributed by atoms with E-state index in [1.807, 2.05) is 35.3 Å². The fourth-order valence-corrected chi connectivity index (χ4v) is 3.84. The summed E-state index contributed by atoms with van der Waals surface area (Å²) < 4.78 is 4.63. The lowest BCUT2D eigenvalue weighted by Crippen LogP contribution is -2.32. The van der Waals surface area contributed by atoms with Crippen LogP contribution in [0, 0.1) is 5.92 Å². The van der Waals surface area contributed by atoms with Crippen LogP contribution >= 0.6 is 0 Å². The minimum absolute atomic E-state index is 0.0402. The second-order valence-electron chi connectivity index (χ2n) is 8.32. The molecule has 1 aliphatic rings. The molecule has 5 heteroatoms. The van der Waals surface area contributed by atoms with Gasteiger partial charge in [-0.05, 0) is 50.0 Å². The number of nitrogens with zero attached hydrogens (tertiary/aromatic N) is 1. The van der Waals surface area contributed by atoms with Gasteiger partial charge in [-0.2, -0.15) is 0 Å². The van der Waals surface area contributed by atoms with Gasteiger partial charge in [-0.1, -0.05) is 61.6 Å². The van der Waals surface area contributed by atoms with Crippen LogP contribution in [0.1, 0.15) is 57.4 Å². The Morgan fingerprint density at radius 1 is 1.26 bits per heavy atom. The zero-order valence-electron chi connectivity index (χ0n) is 18.9. The van der Waals surface area contributed by atoms with E-state index in [0.29, 0.717) is 19.4 Å². The van der Waals surface area contributed by atoms with E-state index in [-0.39, 0.29) is 23.8 Å². The van der Waals surface area contributed by atoms with Crippen molar-refractivity contribution in [3.05, 3.63) is 60.2 Å². The molecule has 5 nitrogen and oxygen atoms in total. The number of hydrogen-bond acceptors (Lipinski definition) is 4. The van der Waals surface area contributed by atoms with Crippen LogP contribution in [-0.4, -0.2) is 47.7 Å². The van der Waals surface area contributed by atoms with Crippen LogP contribution in [0.15, 0.2) is 54.6 Å². The number of ether oxygens (including phenoxy) is 1. The third-order valence-corrected chi connectivity index (χ3v) is 5.90. The molecule has 0 bridgehead atoms. The van der Waals surface area contributed by atoms with Crippen molar-refractivity contribution in [2.45, 2.75) is 70.4 Å². The van der Waals surface area contributed by atoms with Gasteiger partial charge in [0, 0.05) is 19.4 Å². The molecule has 31 heavy (non-hydrogen) atoms. The Hall–Kier alpha value is -2.40. The number of benzene rings is 1. The Balaban J connectivity index is 1.73. The van der Waals surface area contributed by atoms with Crippen LogP contribution < -0.4 is 0 Å². The number of aryl methyl sites for hydroxylation is 1. The molecule has 3 atom stereocenters. The zero-order chi connectivity index (χ0) is 22.5. The van der Waals surface area contributed by atoms with Crippen LogP contribution in [0.4, 0.5) is 0 Å². The molecule has 1 amide bonds. The number of carbonyl (C=O) groups excluding carboxylic acids is 2. The normalized spacial score (nSPS) is 18.7. The second-order valence-corrected chi connectivity index (χ2v) is 8.32. The van der Waals surface area contributed by atoms with Gasteiger partial charge in [0.1, 0.15) is 0 Å². The fraction of sp³-hybridized carbons (Fsp3) is 0.538. The summed E-state index contributed by atoms with van der Waals surface area (Å²) in [6, 6.07) is 10.5. The standard InChI is InChI=1S/C26H37NO4/c1-21(11-10-14-22-12-6-5-7-13-22)24(28)18-16-23-17-19-25(29)27(23)20-9-4-3-8-15-26(30)31-2/h4-7,9,12-13,16,18,21,23-24,28H,3,8,10-11,14-15,17,19-20H2,1-2H3/b9-4-,18-16+/t21-,23-,24+/m0/s1. The lowest BCUT2D eigenvalue weighted by atomic mass is 9.95. The molecule has 170 valence electrons. The minimum Gasteiger partial charge on any atom is -0.469 e. The highest BCUT2D eigenvalue weighted by atomic mass is 16.5. The summed E-state index contributed by atoms with van der Waals surface area (Å²) in [5.74, 6) is 0.139. The number of hydrogen-bond donors (Lipinski definition) is 1. The van der Waals surface area contributed by atoms with Gasteiger partial charge in [-0.3, -0.25) is 9.59 Å². The highest BCUT2D eigenvalue weighted by Gasteiger charge is 2.28. The van der Waals surface area contributed by atoms with Gasteiger partial charge < -0.3 is 14.7 Å². The van der Waals surface area contributed by atoms with Gasteiger partial charge in [0.15, 0.2) is 0 Å². The van der Waals surface area contributed by atoms with E-state index in [1.54, 1.807) is 0 Å². The number of aliphatic hydroxyl groups is 1. The molecule has 0 saturated carbocycles. The molecule has 1 fully saturated rings. The topological polar surface area (TPSA) is 66.8 Å². The summed E-state index contributed by atoms with van der Waals surface area (Å²) in [5.41, 5.74) is 1.33. The maximum atomic E-state index is 12.2. The van der Waals surface area contributed by atoms with Crippen molar-refractivity contribution >= 4 is 11.9 Å². The van der Waals surface area contributed by atoms with Gasteiger partial charge in [0.2, 0.25) is 5.91 Å². The predicted octanol–water partition coefficient (Wildman–Crippen LogP) is 4.45. The number of rotatable bonds is 13. The fourth-order valence-electron chi connectivity index (χ4n) is 3.84. The first kappa shape index (κ1) is 24.9. The number of amides is 1. The number of aliphatic hydroxyl groups excluding tert-OH is 1. The van der Waals surface area contributed by atoms with Gasteiger partial charge in [-0.25, -0.2) is 0 Å². The van der Waals surface area contributed by atoms with Crippen molar-refractivity contribution in [3.63, 3.8) is 0 Å². The van der Waals surface area contributed by atoms with Crippen LogP contribution in [0.25, 0.3) is 0 Å². The molecule has 1 N–H and O–H groups in total. The quantitative estimate of drug-likeness (QED) is 0.287. The van der Waals surface area contributed by atoms with E-state index < -0.39 is 6.10 Å². The molecule has 1 heterocycles. The van der Waals surface area contributed by atoms with E-state index in [4.69, 9.17) is 0 Å². The maximum absolute atomic E-state index is 12.2. The highest BCUT2D eigenvalue weighted by molar-refractivity contribution is 5.79. The van der Waals surface area contributed by atoms with E-state index in [2.05, 4.69) is 35.9 Å². The summed E-state index contributed by atoms with van der Waals surface area (Å²) in [5, 5.41) is 10.5. The second kappa shape index (κ2) is 13.8. The van der Waals surface area contributed by atoms with Crippen LogP contribution in [0.3, 0.4) is 0 Å². The summed E-state index contributed by atoms with van der Waals surface area (Å²) in [7, 11) is 1.40. The number of esters is 1. The Bertz CT molecular complexity index is 728. The molecule has 2 rings (SSSR count). The number of carbonyl (C=O) groups is 2. The molecule has 0 radical (unpaired) electrons. The molecule has 1 saturated heterocycles. The van der Waals surface area contributed by atoms with Gasteiger partial charge in [-0.15, -0.1) is 0 Å². The molecule has 0 aliphatic carbocycles. The maximum Gasteiger partial charge on any atom is 0.305 e. The molecular weight excluding hydrogens is 390 g/mol. The van der Waals surface area contributed by atoms with Gasteiger partial charge in [0.25, 0.3) is 0 Å². The highest BCUT2D eigenvalue weighted by Crippen LogP contribution is 2.21. The van der Waals surface area contributed by atoms with Gasteiger partial charge >= 0.3 is 5.97 Å². The molecule has 0 spiro atoms. The Labute approximate surface area is 186 Å². The van der Waals surface area contributed by atoms with E-state index in [0.717, 1.165) is 38.5 Å². The third kappa shape index (κ3) is 9.09. The molecule has 1 aromatic rings. The summed E-state index contributed by atoms with van der Waals surface area (Å²) in [6.45, 7) is 2.64. The number of unbranched alkanes of at least 4 members (excludes halogenated alkanes) is 1. The van der Waals surface area contributed by atoms with Crippen molar-refractivity contribution in [2.24, 2.45) is 5.92 Å². The molecular formula is C26H37NO4. The Morgan fingerprint density at radius 2 is 2.03 bits per heavy atom. The Kier molecular flexibility index (Phi) is 11.1. The summed E-state index contributed by atoms with van der Waals surface area (Å²) in [6.07, 6.45) is 13.7. The van der Waals surface area contributed by atoms with E-state index >= 15 is 0 Å².